The van der Waals surface area contributed by atoms with Gasteiger partial charge in [-0.05, 0) is 54.1 Å². The summed E-state index contributed by atoms with van der Waals surface area (Å²) in [7, 11) is 0. The Balaban J connectivity index is 1.66. The maximum absolute atomic E-state index is 13.1. The van der Waals surface area contributed by atoms with E-state index in [1.807, 2.05) is 6.07 Å². The van der Waals surface area contributed by atoms with Crippen LogP contribution in [0.5, 0.6) is 5.75 Å². The first-order valence-electron chi connectivity index (χ1n) is 10.1. The lowest BCUT2D eigenvalue weighted by Gasteiger charge is -2.26. The minimum Gasteiger partial charge on any atom is -0.488 e. The molecule has 1 heterocycles. The van der Waals surface area contributed by atoms with Crippen LogP contribution in [-0.2, 0) is 16.2 Å². The monoisotopic (exact) mass is 511 g/mol. The van der Waals surface area contributed by atoms with Crippen LogP contribution in [0.25, 0.3) is 6.08 Å². The first-order valence-corrected chi connectivity index (χ1v) is 10.8. The van der Waals surface area contributed by atoms with Crippen molar-refractivity contribution in [1.82, 2.24) is 5.32 Å². The van der Waals surface area contributed by atoms with E-state index >= 15 is 0 Å². The molecule has 0 unspecified atom stereocenters. The quantitative estimate of drug-likeness (QED) is 0.211. The molecule has 4 rings (SSSR count). The summed E-state index contributed by atoms with van der Waals surface area (Å²) in [4.78, 5) is 49.1. The van der Waals surface area contributed by atoms with Crippen molar-refractivity contribution < 1.29 is 24.0 Å². The highest BCUT2D eigenvalue weighted by atomic mass is 35.5. The van der Waals surface area contributed by atoms with E-state index in [0.29, 0.717) is 26.3 Å². The predicted octanol–water partition coefficient (Wildman–Crippen LogP) is 5.15. The molecule has 0 radical (unpaired) electrons. The van der Waals surface area contributed by atoms with Gasteiger partial charge in [0.25, 0.3) is 17.5 Å². The number of carbonyl (C=O) groups is 3. The Labute approximate surface area is 208 Å². The van der Waals surface area contributed by atoms with Crippen molar-refractivity contribution >= 4 is 58.5 Å². The number of urea groups is 1. The molecule has 0 bridgehead atoms. The largest absolute Gasteiger partial charge is 0.488 e. The third-order valence-electron chi connectivity index (χ3n) is 4.98. The van der Waals surface area contributed by atoms with E-state index in [-0.39, 0.29) is 23.6 Å². The van der Waals surface area contributed by atoms with Crippen LogP contribution >= 0.6 is 23.2 Å². The van der Waals surface area contributed by atoms with Crippen LogP contribution in [-0.4, -0.2) is 22.8 Å². The van der Waals surface area contributed by atoms with E-state index in [4.69, 9.17) is 27.9 Å². The number of hydrogen-bond acceptors (Lipinski definition) is 6. The summed E-state index contributed by atoms with van der Waals surface area (Å²) in [5, 5.41) is 13.9. The van der Waals surface area contributed by atoms with Crippen LogP contribution in [0.4, 0.5) is 16.2 Å². The highest BCUT2D eigenvalue weighted by Crippen LogP contribution is 2.29. The third kappa shape index (κ3) is 5.32. The van der Waals surface area contributed by atoms with Crippen molar-refractivity contribution in [3.05, 3.63) is 104 Å². The molecule has 4 amide bonds. The van der Waals surface area contributed by atoms with Crippen LogP contribution in [0.3, 0.4) is 0 Å². The number of rotatable bonds is 6. The molecule has 0 saturated carbocycles. The Morgan fingerprint density at radius 2 is 1.69 bits per heavy atom. The Morgan fingerprint density at radius 3 is 2.37 bits per heavy atom. The van der Waals surface area contributed by atoms with Crippen LogP contribution in [0, 0.1) is 10.1 Å². The molecule has 11 heteroatoms. The molecule has 0 aromatic heterocycles. The lowest BCUT2D eigenvalue weighted by atomic mass is 10.1. The molecular weight excluding hydrogens is 497 g/mol. The molecule has 176 valence electrons. The first kappa shape index (κ1) is 23.9. The number of nitrogens with zero attached hydrogens (tertiary/aromatic N) is 2. The molecule has 0 atom stereocenters. The predicted molar refractivity (Wildman–Crippen MR) is 129 cm³/mol. The van der Waals surface area contributed by atoms with Gasteiger partial charge in [0, 0.05) is 27.7 Å². The second-order valence-electron chi connectivity index (χ2n) is 7.33. The molecule has 1 fully saturated rings. The molecule has 35 heavy (non-hydrogen) atoms. The summed E-state index contributed by atoms with van der Waals surface area (Å²) in [6, 6.07) is 15.6. The van der Waals surface area contributed by atoms with Crippen molar-refractivity contribution in [2.45, 2.75) is 6.61 Å². The minimum absolute atomic E-state index is 0.0556. The Bertz CT molecular complexity index is 1390. The second-order valence-corrected chi connectivity index (χ2v) is 8.20. The SMILES string of the molecule is O=C1NC(=O)N(c2ccc([N+](=O)[O-])cc2)C(=O)/C1=C/c1cc(Cl)ccc1OCc1cccc(Cl)c1. The molecule has 3 aromatic rings. The average Bonchev–Trinajstić information content (AvgIpc) is 2.81. The van der Waals surface area contributed by atoms with E-state index in [2.05, 4.69) is 5.32 Å². The van der Waals surface area contributed by atoms with Gasteiger partial charge in [-0.25, -0.2) is 9.69 Å². The number of ether oxygens (including phenoxy) is 1. The lowest BCUT2D eigenvalue weighted by molar-refractivity contribution is -0.384. The fourth-order valence-electron chi connectivity index (χ4n) is 3.32. The van der Waals surface area contributed by atoms with E-state index < -0.39 is 22.8 Å². The summed E-state index contributed by atoms with van der Waals surface area (Å²) < 4.78 is 5.86. The number of nitro groups is 1. The number of barbiturate groups is 1. The number of anilines is 1. The number of amides is 4. The molecule has 1 N–H and O–H groups in total. The summed E-state index contributed by atoms with van der Waals surface area (Å²) in [5.74, 6) is -1.48. The standard InChI is InChI=1S/C24H15Cl2N3O6/c25-16-3-1-2-14(10-16)13-35-21-9-4-17(26)11-15(21)12-20-22(30)27-24(32)28(23(20)31)18-5-7-19(8-6-18)29(33)34/h1-12H,13H2,(H,27,30,32)/b20-12+. The van der Waals surface area contributed by atoms with Crippen molar-refractivity contribution in [1.29, 1.82) is 0 Å². The van der Waals surface area contributed by atoms with Crippen LogP contribution in [0.1, 0.15) is 11.1 Å². The van der Waals surface area contributed by atoms with E-state index in [1.54, 1.807) is 30.3 Å². The van der Waals surface area contributed by atoms with Gasteiger partial charge in [0.05, 0.1) is 10.6 Å². The molecule has 9 nitrogen and oxygen atoms in total. The number of nitro benzene ring substituents is 1. The Kier molecular flexibility index (Phi) is 6.81. The number of hydrogen-bond donors (Lipinski definition) is 1. The highest BCUT2D eigenvalue weighted by Gasteiger charge is 2.37. The van der Waals surface area contributed by atoms with Gasteiger partial charge in [-0.2, -0.15) is 0 Å². The topological polar surface area (TPSA) is 119 Å². The van der Waals surface area contributed by atoms with Crippen LogP contribution < -0.4 is 15.0 Å². The fourth-order valence-corrected chi connectivity index (χ4v) is 3.72. The molecule has 0 aliphatic carbocycles. The van der Waals surface area contributed by atoms with E-state index in [0.717, 1.165) is 17.7 Å². The zero-order chi connectivity index (χ0) is 25.1. The van der Waals surface area contributed by atoms with Gasteiger partial charge in [-0.3, -0.25) is 25.0 Å². The summed E-state index contributed by atoms with van der Waals surface area (Å²) in [5.41, 5.74) is 0.618. The minimum atomic E-state index is -0.977. The number of imide groups is 2. The van der Waals surface area contributed by atoms with Gasteiger partial charge in [0.1, 0.15) is 17.9 Å². The maximum Gasteiger partial charge on any atom is 0.335 e. The Hall–Kier alpha value is -4.21. The number of halogens is 2. The normalized spacial score (nSPS) is 14.7. The van der Waals surface area contributed by atoms with Crippen molar-refractivity contribution in [3.8, 4) is 5.75 Å². The second kappa shape index (κ2) is 9.96. The molecular formula is C24H15Cl2N3O6. The Morgan fingerprint density at radius 1 is 0.971 bits per heavy atom. The van der Waals surface area contributed by atoms with Gasteiger partial charge in [-0.15, -0.1) is 0 Å². The van der Waals surface area contributed by atoms with Gasteiger partial charge in [-0.1, -0.05) is 35.3 Å². The smallest absolute Gasteiger partial charge is 0.335 e. The average molecular weight is 512 g/mol. The lowest BCUT2D eigenvalue weighted by Crippen LogP contribution is -2.54. The first-order chi connectivity index (χ1) is 16.7. The van der Waals surface area contributed by atoms with E-state index in [1.165, 1.54) is 24.3 Å². The van der Waals surface area contributed by atoms with Crippen molar-refractivity contribution in [3.63, 3.8) is 0 Å². The molecule has 1 aliphatic heterocycles. The van der Waals surface area contributed by atoms with Gasteiger partial charge in [0.15, 0.2) is 0 Å². The zero-order valence-corrected chi connectivity index (χ0v) is 19.2. The van der Waals surface area contributed by atoms with Crippen LogP contribution in [0.2, 0.25) is 10.0 Å². The number of benzene rings is 3. The van der Waals surface area contributed by atoms with Gasteiger partial charge in [0.2, 0.25) is 0 Å². The molecule has 0 spiro atoms. The summed E-state index contributed by atoms with van der Waals surface area (Å²) >= 11 is 12.1. The van der Waals surface area contributed by atoms with E-state index in [9.17, 15) is 24.5 Å². The maximum atomic E-state index is 13.1. The molecule has 1 saturated heterocycles. The van der Waals surface area contributed by atoms with Crippen molar-refractivity contribution in [2.24, 2.45) is 0 Å². The van der Waals surface area contributed by atoms with Crippen molar-refractivity contribution in [2.75, 3.05) is 4.90 Å². The number of carbonyl (C=O) groups excluding carboxylic acids is 3. The highest BCUT2D eigenvalue weighted by molar-refractivity contribution is 6.39. The van der Waals surface area contributed by atoms with Crippen LogP contribution in [0.15, 0.2) is 72.3 Å². The fraction of sp³-hybridized carbons (Fsp3) is 0.0417. The number of non-ortho nitro benzene ring substituents is 1. The zero-order valence-electron chi connectivity index (χ0n) is 17.7. The van der Waals surface area contributed by atoms with Gasteiger partial charge >= 0.3 is 6.03 Å². The molecule has 3 aromatic carbocycles. The number of nitrogens with one attached hydrogen (secondary N) is 1. The molecule has 1 aliphatic rings. The summed E-state index contributed by atoms with van der Waals surface area (Å²) in [6.07, 6.45) is 1.27. The summed E-state index contributed by atoms with van der Waals surface area (Å²) in [6.45, 7) is 0.159. The van der Waals surface area contributed by atoms with Gasteiger partial charge < -0.3 is 4.74 Å². The third-order valence-corrected chi connectivity index (χ3v) is 5.45.